The lowest BCUT2D eigenvalue weighted by Crippen LogP contribution is -2.19. The van der Waals surface area contributed by atoms with Crippen molar-refractivity contribution >= 4 is 17.1 Å². The van der Waals surface area contributed by atoms with E-state index < -0.39 is 0 Å². The van der Waals surface area contributed by atoms with Crippen molar-refractivity contribution in [3.63, 3.8) is 0 Å². The maximum atomic E-state index is 6.06. The van der Waals surface area contributed by atoms with E-state index in [4.69, 9.17) is 5.73 Å². The maximum Gasteiger partial charge on any atom is 0.202 e. The number of anilines is 1. The normalized spacial score (nSPS) is 24.5. The van der Waals surface area contributed by atoms with Gasteiger partial charge in [-0.2, -0.15) is 0 Å². The number of nitrogens with zero attached hydrogens (tertiary/aromatic N) is 3. The highest BCUT2D eigenvalue weighted by Gasteiger charge is 2.24. The number of rotatable bonds is 2. The third-order valence-corrected chi connectivity index (χ3v) is 4.23. The Morgan fingerprint density at radius 2 is 2.11 bits per heavy atom. The van der Waals surface area contributed by atoms with Crippen LogP contribution >= 0.6 is 0 Å². The summed E-state index contributed by atoms with van der Waals surface area (Å²) in [5.41, 5.74) is 7.91. The summed E-state index contributed by atoms with van der Waals surface area (Å²) in [5, 5.41) is 0. The molecule has 0 unspecified atom stereocenters. The number of hydrogen-bond donors (Lipinski definition) is 1. The van der Waals surface area contributed by atoms with E-state index in [2.05, 4.69) is 21.5 Å². The van der Waals surface area contributed by atoms with Crippen LogP contribution in [-0.4, -0.2) is 14.5 Å². The van der Waals surface area contributed by atoms with Gasteiger partial charge in [0.05, 0.1) is 0 Å². The Hall–Kier alpha value is -1.58. The number of nitrogens with two attached hydrogens (primary N) is 1. The Morgan fingerprint density at radius 3 is 2.83 bits per heavy atom. The first-order chi connectivity index (χ1) is 8.79. The number of pyridine rings is 1. The fraction of sp³-hybridized carbons (Fsp3) is 0.571. The van der Waals surface area contributed by atoms with Gasteiger partial charge >= 0.3 is 0 Å². The van der Waals surface area contributed by atoms with E-state index in [1.54, 1.807) is 0 Å². The Kier molecular flexibility index (Phi) is 2.94. The molecule has 4 heteroatoms. The van der Waals surface area contributed by atoms with Crippen LogP contribution in [0.4, 0.5) is 5.95 Å². The topological polar surface area (TPSA) is 56.7 Å². The molecule has 0 spiro atoms. The number of aromatic nitrogens is 3. The zero-order valence-electron chi connectivity index (χ0n) is 10.8. The summed E-state index contributed by atoms with van der Waals surface area (Å²) in [7, 11) is 0. The molecule has 3 rings (SSSR count). The van der Waals surface area contributed by atoms with Crippen molar-refractivity contribution < 1.29 is 0 Å². The van der Waals surface area contributed by atoms with Crippen molar-refractivity contribution in [3.8, 4) is 0 Å². The average molecular weight is 244 g/mol. The van der Waals surface area contributed by atoms with Crippen molar-refractivity contribution in [3.05, 3.63) is 18.3 Å². The van der Waals surface area contributed by atoms with Gasteiger partial charge in [0, 0.05) is 12.2 Å². The molecule has 2 aromatic heterocycles. The minimum absolute atomic E-state index is 0.479. The zero-order chi connectivity index (χ0) is 12.5. The van der Waals surface area contributed by atoms with Gasteiger partial charge in [-0.1, -0.05) is 13.3 Å². The van der Waals surface area contributed by atoms with Gasteiger partial charge in [-0.25, -0.2) is 9.97 Å². The first-order valence-electron chi connectivity index (χ1n) is 6.88. The van der Waals surface area contributed by atoms with Crippen molar-refractivity contribution in [2.75, 3.05) is 5.73 Å². The second kappa shape index (κ2) is 4.59. The Labute approximate surface area is 107 Å². The quantitative estimate of drug-likeness (QED) is 0.882. The predicted molar refractivity (Wildman–Crippen MR) is 73.2 cm³/mol. The number of nitrogen functional groups attached to an aromatic ring is 1. The van der Waals surface area contributed by atoms with E-state index in [0.29, 0.717) is 12.0 Å². The molecule has 1 aliphatic rings. The molecule has 0 bridgehead atoms. The van der Waals surface area contributed by atoms with Gasteiger partial charge in [0.25, 0.3) is 0 Å². The molecule has 0 saturated heterocycles. The molecule has 1 fully saturated rings. The second-order valence-corrected chi connectivity index (χ2v) is 5.27. The van der Waals surface area contributed by atoms with Gasteiger partial charge in [0.15, 0.2) is 5.65 Å². The molecule has 1 saturated carbocycles. The lowest BCUT2D eigenvalue weighted by Gasteiger charge is -2.29. The van der Waals surface area contributed by atoms with Gasteiger partial charge < -0.3 is 5.73 Å². The molecule has 2 heterocycles. The number of hydrogen-bond acceptors (Lipinski definition) is 3. The largest absolute Gasteiger partial charge is 0.369 e. The van der Waals surface area contributed by atoms with Gasteiger partial charge in [-0.05, 0) is 43.7 Å². The van der Waals surface area contributed by atoms with E-state index >= 15 is 0 Å². The van der Waals surface area contributed by atoms with Crippen molar-refractivity contribution in [2.45, 2.75) is 45.1 Å². The smallest absolute Gasteiger partial charge is 0.202 e. The average Bonchev–Trinajstić information content (AvgIpc) is 2.75. The summed E-state index contributed by atoms with van der Waals surface area (Å²) in [6.45, 7) is 2.29. The summed E-state index contributed by atoms with van der Waals surface area (Å²) in [5.74, 6) is 1.51. The van der Waals surface area contributed by atoms with Crippen LogP contribution in [0.2, 0.25) is 0 Å². The summed E-state index contributed by atoms with van der Waals surface area (Å²) in [4.78, 5) is 8.84. The van der Waals surface area contributed by atoms with E-state index in [0.717, 1.165) is 17.1 Å². The monoisotopic (exact) mass is 244 g/mol. The lowest BCUT2D eigenvalue weighted by molar-refractivity contribution is 0.274. The Morgan fingerprint density at radius 1 is 1.33 bits per heavy atom. The molecule has 0 radical (unpaired) electrons. The van der Waals surface area contributed by atoms with Crippen LogP contribution in [-0.2, 0) is 0 Å². The van der Waals surface area contributed by atoms with Gasteiger partial charge in [-0.15, -0.1) is 0 Å². The van der Waals surface area contributed by atoms with Crippen LogP contribution in [0.15, 0.2) is 18.3 Å². The molecule has 2 N–H and O–H groups in total. The van der Waals surface area contributed by atoms with Crippen LogP contribution < -0.4 is 5.73 Å². The van der Waals surface area contributed by atoms with Crippen molar-refractivity contribution in [1.29, 1.82) is 0 Å². The third kappa shape index (κ3) is 1.85. The molecule has 0 aliphatic heterocycles. The van der Waals surface area contributed by atoms with Crippen LogP contribution in [0.3, 0.4) is 0 Å². The zero-order valence-corrected chi connectivity index (χ0v) is 10.8. The van der Waals surface area contributed by atoms with Crippen LogP contribution in [0.1, 0.15) is 45.1 Å². The molecule has 0 aromatic carbocycles. The Balaban J connectivity index is 1.92. The Bertz CT molecular complexity index is 538. The molecule has 0 atom stereocenters. The summed E-state index contributed by atoms with van der Waals surface area (Å²) < 4.78 is 2.14. The van der Waals surface area contributed by atoms with Gasteiger partial charge in [0.2, 0.25) is 5.95 Å². The fourth-order valence-corrected chi connectivity index (χ4v) is 3.12. The first-order valence-corrected chi connectivity index (χ1v) is 6.88. The number of imidazole rings is 1. The predicted octanol–water partition coefficient (Wildman–Crippen LogP) is 3.15. The van der Waals surface area contributed by atoms with E-state index in [-0.39, 0.29) is 0 Å². The second-order valence-electron chi connectivity index (χ2n) is 5.27. The van der Waals surface area contributed by atoms with Crippen LogP contribution in [0.25, 0.3) is 11.2 Å². The molecule has 18 heavy (non-hydrogen) atoms. The highest BCUT2D eigenvalue weighted by Crippen LogP contribution is 2.36. The molecule has 96 valence electrons. The summed E-state index contributed by atoms with van der Waals surface area (Å²) in [6.07, 6.45) is 8.11. The molecular formula is C14H20N4. The minimum atomic E-state index is 0.479. The fourth-order valence-electron chi connectivity index (χ4n) is 3.12. The molecule has 0 amide bonds. The molecular weight excluding hydrogens is 224 g/mol. The SMILES string of the molecule is CCC1CCC(n2c(N)nc3cccnc32)CC1. The van der Waals surface area contributed by atoms with Crippen LogP contribution in [0, 0.1) is 5.92 Å². The van der Waals surface area contributed by atoms with Crippen molar-refractivity contribution in [1.82, 2.24) is 14.5 Å². The molecule has 2 aromatic rings. The standard InChI is InChI=1S/C14H20N4/c1-2-10-5-7-11(8-6-10)18-13-12(17-14(18)15)4-3-9-16-13/h3-4,9-11H,2,5-8H2,1H3,(H2,15,17). The first kappa shape index (κ1) is 11.5. The summed E-state index contributed by atoms with van der Waals surface area (Å²) >= 11 is 0. The highest BCUT2D eigenvalue weighted by molar-refractivity contribution is 5.73. The van der Waals surface area contributed by atoms with Gasteiger partial charge in [-0.3, -0.25) is 4.57 Å². The van der Waals surface area contributed by atoms with E-state index in [1.807, 2.05) is 18.3 Å². The lowest BCUT2D eigenvalue weighted by atomic mass is 9.84. The van der Waals surface area contributed by atoms with E-state index in [9.17, 15) is 0 Å². The minimum Gasteiger partial charge on any atom is -0.369 e. The molecule has 1 aliphatic carbocycles. The third-order valence-electron chi connectivity index (χ3n) is 4.23. The number of fused-ring (bicyclic) bond motifs is 1. The van der Waals surface area contributed by atoms with Crippen molar-refractivity contribution in [2.24, 2.45) is 5.92 Å². The van der Waals surface area contributed by atoms with E-state index in [1.165, 1.54) is 32.1 Å². The van der Waals surface area contributed by atoms with Gasteiger partial charge in [0.1, 0.15) is 5.52 Å². The molecule has 4 nitrogen and oxygen atoms in total. The highest BCUT2D eigenvalue weighted by atomic mass is 15.2. The van der Waals surface area contributed by atoms with Crippen LogP contribution in [0.5, 0.6) is 0 Å². The summed E-state index contributed by atoms with van der Waals surface area (Å²) in [6, 6.07) is 4.37. The maximum absolute atomic E-state index is 6.06.